The van der Waals surface area contributed by atoms with Crippen molar-refractivity contribution in [2.75, 3.05) is 16.6 Å². The lowest BCUT2D eigenvalue weighted by atomic mass is 10.1. The predicted octanol–water partition coefficient (Wildman–Crippen LogP) is 4.77. The number of aliphatic hydroxyl groups excluding tert-OH is 1. The van der Waals surface area contributed by atoms with E-state index >= 15 is 0 Å². The van der Waals surface area contributed by atoms with Crippen LogP contribution in [-0.4, -0.2) is 32.4 Å². The fourth-order valence-electron chi connectivity index (χ4n) is 3.18. The Kier molecular flexibility index (Phi) is 8.10. The Bertz CT molecular complexity index is 1330. The molecular weight excluding hydrogens is 501 g/mol. The lowest BCUT2D eigenvalue weighted by molar-refractivity contribution is -0.274. The molecule has 192 valence electrons. The maximum Gasteiger partial charge on any atom is 0.573 e. The van der Waals surface area contributed by atoms with Gasteiger partial charge in [-0.1, -0.05) is 36.4 Å². The number of rotatable bonds is 9. The molecule has 0 fully saturated rings. The molecule has 1 atom stereocenters. The first kappa shape index (κ1) is 26.8. The third-order valence-corrected chi connectivity index (χ3v) is 6.25. The van der Waals surface area contributed by atoms with E-state index < -0.39 is 34.1 Å². The van der Waals surface area contributed by atoms with Crippen LogP contribution in [-0.2, 0) is 14.8 Å². The second-order valence-electron chi connectivity index (χ2n) is 7.53. The van der Waals surface area contributed by atoms with Gasteiger partial charge < -0.3 is 19.9 Å². The third kappa shape index (κ3) is 6.89. The number of anilines is 2. The predicted molar refractivity (Wildman–Crippen MR) is 126 cm³/mol. The first-order valence-electron chi connectivity index (χ1n) is 10.6. The number of sulfonamides is 1. The van der Waals surface area contributed by atoms with Crippen LogP contribution in [0.1, 0.15) is 24.2 Å². The minimum atomic E-state index is -4.95. The molecule has 0 aliphatic rings. The summed E-state index contributed by atoms with van der Waals surface area (Å²) in [6.07, 6.45) is -6.40. The van der Waals surface area contributed by atoms with Crippen molar-refractivity contribution in [2.45, 2.75) is 31.2 Å². The highest BCUT2D eigenvalue weighted by Gasteiger charge is 2.32. The van der Waals surface area contributed by atoms with Crippen molar-refractivity contribution < 1.29 is 41.0 Å². The van der Waals surface area contributed by atoms with Gasteiger partial charge in [0.1, 0.15) is 16.4 Å². The molecule has 36 heavy (non-hydrogen) atoms. The Balaban J connectivity index is 1.85. The van der Waals surface area contributed by atoms with Crippen LogP contribution in [0.2, 0.25) is 0 Å². The summed E-state index contributed by atoms with van der Waals surface area (Å²) in [6, 6.07) is 15.4. The molecule has 8 nitrogen and oxygen atoms in total. The molecule has 1 amide bonds. The molecule has 0 spiro atoms. The van der Waals surface area contributed by atoms with Crippen LogP contribution in [0, 0.1) is 6.92 Å². The van der Waals surface area contributed by atoms with E-state index in [0.717, 1.165) is 6.07 Å². The highest BCUT2D eigenvalue weighted by molar-refractivity contribution is 7.92. The summed E-state index contributed by atoms with van der Waals surface area (Å²) in [5.74, 6) is -1.41. The van der Waals surface area contributed by atoms with E-state index in [1.54, 1.807) is 37.3 Å². The molecule has 3 rings (SSSR count). The van der Waals surface area contributed by atoms with E-state index in [0.29, 0.717) is 5.56 Å². The Morgan fingerprint density at radius 1 is 1.00 bits per heavy atom. The summed E-state index contributed by atoms with van der Waals surface area (Å²) in [6.45, 7) is 3.09. The number of benzene rings is 3. The Morgan fingerprint density at radius 2 is 1.64 bits per heavy atom. The molecule has 0 radical (unpaired) electrons. The Labute approximate surface area is 205 Å². The van der Waals surface area contributed by atoms with Crippen LogP contribution in [0.15, 0.2) is 71.6 Å². The van der Waals surface area contributed by atoms with Crippen molar-refractivity contribution in [2.24, 2.45) is 0 Å². The zero-order valence-corrected chi connectivity index (χ0v) is 20.0. The number of hydrogen-bond donors (Lipinski definition) is 3. The molecule has 3 aromatic carbocycles. The summed E-state index contributed by atoms with van der Waals surface area (Å²) in [7, 11) is -4.32. The van der Waals surface area contributed by atoms with Gasteiger partial charge in [-0.25, -0.2) is 8.42 Å². The molecule has 0 aliphatic heterocycles. The van der Waals surface area contributed by atoms with Crippen molar-refractivity contribution in [1.29, 1.82) is 0 Å². The highest BCUT2D eigenvalue weighted by atomic mass is 32.2. The van der Waals surface area contributed by atoms with Gasteiger partial charge in [0.15, 0.2) is 6.10 Å². The summed E-state index contributed by atoms with van der Waals surface area (Å²) < 4.78 is 75.6. The quantitative estimate of drug-likeness (QED) is 0.372. The van der Waals surface area contributed by atoms with Gasteiger partial charge in [0, 0.05) is 17.8 Å². The number of ether oxygens (including phenoxy) is 2. The minimum absolute atomic E-state index is 0.0840. The van der Waals surface area contributed by atoms with Gasteiger partial charge in [-0.15, -0.1) is 13.2 Å². The maximum absolute atomic E-state index is 13.0. The lowest BCUT2D eigenvalue weighted by Gasteiger charge is -2.17. The number of aryl methyl sites for hydroxylation is 1. The highest BCUT2D eigenvalue weighted by Crippen LogP contribution is 2.32. The molecule has 0 unspecified atom stereocenters. The van der Waals surface area contributed by atoms with E-state index in [9.17, 15) is 31.5 Å². The van der Waals surface area contributed by atoms with Crippen molar-refractivity contribution in [3.8, 4) is 11.5 Å². The average molecular weight is 525 g/mol. The fraction of sp³-hybridized carbons (Fsp3) is 0.208. The number of carbonyl (C=O) groups is 1. The topological polar surface area (TPSA) is 114 Å². The van der Waals surface area contributed by atoms with Crippen LogP contribution < -0.4 is 19.5 Å². The second kappa shape index (κ2) is 10.9. The number of hydrogen-bond acceptors (Lipinski definition) is 6. The monoisotopic (exact) mass is 524 g/mol. The van der Waals surface area contributed by atoms with Gasteiger partial charge in [-0.2, -0.15) is 0 Å². The van der Waals surface area contributed by atoms with E-state index in [-0.39, 0.29) is 34.2 Å². The number of halogens is 3. The number of amides is 1. The minimum Gasteiger partial charge on any atom is -0.492 e. The molecule has 3 N–H and O–H groups in total. The Hall–Kier alpha value is -3.77. The molecule has 0 heterocycles. The van der Waals surface area contributed by atoms with Crippen molar-refractivity contribution in [1.82, 2.24) is 0 Å². The van der Waals surface area contributed by atoms with Crippen LogP contribution in [0.5, 0.6) is 11.5 Å². The second-order valence-corrected chi connectivity index (χ2v) is 9.18. The van der Waals surface area contributed by atoms with E-state index in [1.165, 1.54) is 37.3 Å². The summed E-state index contributed by atoms with van der Waals surface area (Å²) in [5.41, 5.74) is 0.526. The first-order valence-corrected chi connectivity index (χ1v) is 12.1. The molecule has 0 saturated carbocycles. The van der Waals surface area contributed by atoms with Crippen molar-refractivity contribution >= 4 is 27.3 Å². The van der Waals surface area contributed by atoms with Crippen molar-refractivity contribution in [3.05, 3.63) is 77.9 Å². The number of nitrogens with one attached hydrogen (secondary N) is 2. The zero-order valence-electron chi connectivity index (χ0n) is 19.2. The maximum atomic E-state index is 13.0. The lowest BCUT2D eigenvalue weighted by Crippen LogP contribution is -2.21. The summed E-state index contributed by atoms with van der Waals surface area (Å²) in [4.78, 5) is 12.1. The van der Waals surface area contributed by atoms with Gasteiger partial charge in [0.25, 0.3) is 15.9 Å². The van der Waals surface area contributed by atoms with Gasteiger partial charge in [-0.3, -0.25) is 9.52 Å². The normalized spacial score (nSPS) is 12.5. The average Bonchev–Trinajstić information content (AvgIpc) is 2.80. The number of carbonyl (C=O) groups excluding carboxylic acids is 1. The van der Waals surface area contributed by atoms with Crippen molar-refractivity contribution in [3.63, 3.8) is 0 Å². The number of aliphatic hydroxyl groups is 1. The van der Waals surface area contributed by atoms with E-state index in [2.05, 4.69) is 14.8 Å². The van der Waals surface area contributed by atoms with Crippen LogP contribution in [0.4, 0.5) is 24.5 Å². The molecule has 12 heteroatoms. The van der Waals surface area contributed by atoms with Gasteiger partial charge in [-0.05, 0) is 43.2 Å². The zero-order chi connectivity index (χ0) is 26.5. The van der Waals surface area contributed by atoms with E-state index in [1.807, 2.05) is 0 Å². The largest absolute Gasteiger partial charge is 0.573 e. The summed E-state index contributed by atoms with van der Waals surface area (Å²) in [5, 5.41) is 12.7. The molecule has 3 aromatic rings. The summed E-state index contributed by atoms with van der Waals surface area (Å²) >= 11 is 0. The molecule has 0 saturated heterocycles. The smallest absolute Gasteiger partial charge is 0.492 e. The first-order chi connectivity index (χ1) is 16.9. The third-order valence-electron chi connectivity index (χ3n) is 4.83. The van der Waals surface area contributed by atoms with Gasteiger partial charge >= 0.3 is 6.36 Å². The SMILES string of the molecule is CCOc1cc(NC(=O)[C@@H](O)c2ccccc2)ccc1S(=O)(=O)Nc1ccc(C)c(OC(F)(F)F)c1. The standard InChI is InChI=1S/C24H23F3N2O6S/c1-3-34-20-13-17(28-23(31)22(30)16-7-5-4-6-8-16)11-12-21(20)36(32,33)29-18-10-9-15(2)19(14-18)35-24(25,26)27/h4-14,22,29-30H,3H2,1-2H3,(H,28,31)/t22-/m0/s1. The molecular formula is C24H23F3N2O6S. The molecule has 0 aromatic heterocycles. The van der Waals surface area contributed by atoms with Crippen LogP contribution >= 0.6 is 0 Å². The fourth-order valence-corrected chi connectivity index (χ4v) is 4.36. The van der Waals surface area contributed by atoms with E-state index in [4.69, 9.17) is 4.74 Å². The van der Waals surface area contributed by atoms with Gasteiger partial charge in [0.05, 0.1) is 12.3 Å². The molecule has 0 bridgehead atoms. The van der Waals surface area contributed by atoms with Gasteiger partial charge in [0.2, 0.25) is 0 Å². The molecule has 0 aliphatic carbocycles. The number of alkyl halides is 3. The van der Waals surface area contributed by atoms with Crippen LogP contribution in [0.3, 0.4) is 0 Å². The van der Waals surface area contributed by atoms with Crippen LogP contribution in [0.25, 0.3) is 0 Å². The Morgan fingerprint density at radius 3 is 2.28 bits per heavy atom.